The zero-order valence-electron chi connectivity index (χ0n) is 21.0. The first-order chi connectivity index (χ1) is 18.7. The van der Waals surface area contributed by atoms with Crippen LogP contribution in [0.15, 0.2) is 65.6 Å². The molecule has 0 bridgehead atoms. The molecule has 1 aliphatic rings. The number of methoxy groups -OCH3 is 1. The third-order valence-electron chi connectivity index (χ3n) is 6.16. The fourth-order valence-corrected chi connectivity index (χ4v) is 5.74. The summed E-state index contributed by atoms with van der Waals surface area (Å²) in [6.07, 6.45) is -4.82. The van der Waals surface area contributed by atoms with Crippen molar-refractivity contribution in [3.63, 3.8) is 0 Å². The van der Waals surface area contributed by atoms with Crippen molar-refractivity contribution in [1.29, 1.82) is 0 Å². The van der Waals surface area contributed by atoms with Crippen LogP contribution in [0.25, 0.3) is 11.1 Å². The number of ether oxygens (including phenoxy) is 2. The van der Waals surface area contributed by atoms with E-state index < -0.39 is 63.5 Å². The number of carbonyl (C=O) groups is 1. The number of alkyl halides is 5. The number of hydrogen-bond acceptors (Lipinski definition) is 5. The van der Waals surface area contributed by atoms with Crippen LogP contribution in [-0.2, 0) is 20.9 Å². The first-order valence-electron chi connectivity index (χ1n) is 11.6. The number of rotatable bonds is 8. The van der Waals surface area contributed by atoms with Crippen LogP contribution in [-0.4, -0.2) is 52.3 Å². The monoisotopic (exact) mass is 588 g/mol. The molecule has 3 aromatic rings. The van der Waals surface area contributed by atoms with Gasteiger partial charge in [0.25, 0.3) is 15.9 Å². The van der Waals surface area contributed by atoms with E-state index in [9.17, 15) is 39.6 Å². The van der Waals surface area contributed by atoms with Crippen molar-refractivity contribution in [2.45, 2.75) is 30.6 Å². The van der Waals surface area contributed by atoms with Crippen LogP contribution in [0.5, 0.6) is 5.75 Å². The first-order valence-corrected chi connectivity index (χ1v) is 13.1. The molecule has 1 aliphatic heterocycles. The van der Waals surface area contributed by atoms with Crippen LogP contribution in [0.2, 0.25) is 0 Å². The van der Waals surface area contributed by atoms with Crippen LogP contribution in [0, 0.1) is 5.82 Å². The number of carbonyl (C=O) groups excluding carboxylic acids is 1. The molecule has 214 valence electrons. The summed E-state index contributed by atoms with van der Waals surface area (Å²) in [7, 11) is -3.31. The van der Waals surface area contributed by atoms with Gasteiger partial charge in [0.05, 0.1) is 34.4 Å². The van der Waals surface area contributed by atoms with Crippen molar-refractivity contribution in [2.24, 2.45) is 0 Å². The summed E-state index contributed by atoms with van der Waals surface area (Å²) in [5.41, 5.74) is -1.33. The van der Waals surface area contributed by atoms with Crippen LogP contribution in [0.3, 0.4) is 0 Å². The summed E-state index contributed by atoms with van der Waals surface area (Å²) in [5.74, 6) is -2.00. The third-order valence-corrected chi connectivity index (χ3v) is 7.90. The molecule has 0 radical (unpaired) electrons. The minimum absolute atomic E-state index is 0.0255. The molecular formula is C26H22F6N2O5S. The molecular weight excluding hydrogens is 566 g/mol. The van der Waals surface area contributed by atoms with Gasteiger partial charge in [-0.2, -0.15) is 22.0 Å². The van der Waals surface area contributed by atoms with Gasteiger partial charge in [-0.05, 0) is 60.5 Å². The molecule has 4 rings (SSSR count). The van der Waals surface area contributed by atoms with E-state index in [1.807, 2.05) is 0 Å². The van der Waals surface area contributed by atoms with Crippen LogP contribution < -0.4 is 9.04 Å². The maximum Gasteiger partial charge on any atom is 0.416 e. The fraction of sp³-hybridized carbons (Fsp3) is 0.269. The molecule has 0 saturated heterocycles. The van der Waals surface area contributed by atoms with Gasteiger partial charge in [-0.1, -0.05) is 12.1 Å². The Balaban J connectivity index is 1.88. The number of fused-ring (bicyclic) bond motifs is 1. The largest absolute Gasteiger partial charge is 0.435 e. The molecule has 1 amide bonds. The fourth-order valence-electron chi connectivity index (χ4n) is 4.27. The molecule has 0 fully saturated rings. The predicted octanol–water partition coefficient (Wildman–Crippen LogP) is 5.76. The Labute approximate surface area is 225 Å². The Morgan fingerprint density at radius 1 is 1.00 bits per heavy atom. The Bertz CT molecular complexity index is 1530. The lowest BCUT2D eigenvalue weighted by molar-refractivity contribution is -0.137. The Morgan fingerprint density at radius 3 is 2.38 bits per heavy atom. The number of benzene rings is 3. The van der Waals surface area contributed by atoms with Gasteiger partial charge in [-0.15, -0.1) is 0 Å². The van der Waals surface area contributed by atoms with E-state index in [0.29, 0.717) is 6.07 Å². The minimum Gasteiger partial charge on any atom is -0.435 e. The molecule has 0 spiro atoms. The van der Waals surface area contributed by atoms with Crippen molar-refractivity contribution in [3.8, 4) is 16.9 Å². The SMILES string of the molecule is COC[C@@H](C)N1CN(S(=O)(=O)c2cccc(C(F)(F)F)c2)c2cc(-c3cc(F)cc(OC(F)F)c3)ccc2C1=O. The number of nitrogens with zero attached hydrogens (tertiary/aromatic N) is 2. The molecule has 0 unspecified atom stereocenters. The minimum atomic E-state index is -4.82. The van der Waals surface area contributed by atoms with Gasteiger partial charge < -0.3 is 14.4 Å². The molecule has 0 aliphatic carbocycles. The zero-order valence-corrected chi connectivity index (χ0v) is 21.8. The Kier molecular flexibility index (Phi) is 8.04. The predicted molar refractivity (Wildman–Crippen MR) is 132 cm³/mol. The normalized spacial score (nSPS) is 14.9. The summed E-state index contributed by atoms with van der Waals surface area (Å²) >= 11 is 0. The van der Waals surface area contributed by atoms with Gasteiger partial charge >= 0.3 is 12.8 Å². The second kappa shape index (κ2) is 11.0. The molecule has 7 nitrogen and oxygen atoms in total. The average Bonchev–Trinajstić information content (AvgIpc) is 2.87. The number of anilines is 1. The number of amides is 1. The van der Waals surface area contributed by atoms with Crippen molar-refractivity contribution in [3.05, 3.63) is 77.6 Å². The molecule has 0 saturated carbocycles. The van der Waals surface area contributed by atoms with E-state index in [2.05, 4.69) is 4.74 Å². The Morgan fingerprint density at radius 2 is 1.73 bits per heavy atom. The highest BCUT2D eigenvalue weighted by Crippen LogP contribution is 2.38. The average molecular weight is 589 g/mol. The maximum atomic E-state index is 14.2. The quantitative estimate of drug-likeness (QED) is 0.313. The van der Waals surface area contributed by atoms with Crippen LogP contribution >= 0.6 is 0 Å². The van der Waals surface area contributed by atoms with E-state index in [4.69, 9.17) is 4.74 Å². The summed E-state index contributed by atoms with van der Waals surface area (Å²) in [4.78, 5) is 13.9. The van der Waals surface area contributed by atoms with Crippen molar-refractivity contribution < 1.29 is 49.0 Å². The van der Waals surface area contributed by atoms with Crippen molar-refractivity contribution >= 4 is 21.6 Å². The van der Waals surface area contributed by atoms with Crippen LogP contribution in [0.4, 0.5) is 32.0 Å². The second-order valence-electron chi connectivity index (χ2n) is 8.89. The van der Waals surface area contributed by atoms with Crippen molar-refractivity contribution in [2.75, 3.05) is 24.7 Å². The highest BCUT2D eigenvalue weighted by Gasteiger charge is 2.39. The van der Waals surface area contributed by atoms with Gasteiger partial charge in [0.15, 0.2) is 0 Å². The van der Waals surface area contributed by atoms with E-state index in [1.54, 1.807) is 6.92 Å². The van der Waals surface area contributed by atoms with E-state index in [-0.39, 0.29) is 29.0 Å². The van der Waals surface area contributed by atoms with Gasteiger partial charge in [0.1, 0.15) is 18.2 Å². The van der Waals surface area contributed by atoms with Crippen LogP contribution in [0.1, 0.15) is 22.8 Å². The highest BCUT2D eigenvalue weighted by molar-refractivity contribution is 7.92. The molecule has 1 atom stereocenters. The number of sulfonamides is 1. The molecule has 3 aromatic carbocycles. The van der Waals surface area contributed by atoms with E-state index >= 15 is 0 Å². The highest BCUT2D eigenvalue weighted by atomic mass is 32.2. The summed E-state index contributed by atoms with van der Waals surface area (Å²) in [6.45, 7) is -2.16. The molecule has 14 heteroatoms. The molecule has 40 heavy (non-hydrogen) atoms. The van der Waals surface area contributed by atoms with Gasteiger partial charge in [0, 0.05) is 13.2 Å². The van der Waals surface area contributed by atoms with Crippen molar-refractivity contribution in [1.82, 2.24) is 4.90 Å². The lowest BCUT2D eigenvalue weighted by Crippen LogP contribution is -2.53. The maximum absolute atomic E-state index is 14.2. The lowest BCUT2D eigenvalue weighted by atomic mass is 10.00. The Hall–Kier alpha value is -3.78. The van der Waals surface area contributed by atoms with Gasteiger partial charge in [-0.25, -0.2) is 17.1 Å². The number of hydrogen-bond donors (Lipinski definition) is 0. The van der Waals surface area contributed by atoms with Gasteiger partial charge in [0.2, 0.25) is 0 Å². The lowest BCUT2D eigenvalue weighted by Gasteiger charge is -2.40. The summed E-state index contributed by atoms with van der Waals surface area (Å²) in [5, 5.41) is 0. The molecule has 0 aromatic heterocycles. The molecule has 0 N–H and O–H groups in total. The zero-order chi connectivity index (χ0) is 29.4. The summed E-state index contributed by atoms with van der Waals surface area (Å²) < 4.78 is 117. The third kappa shape index (κ3) is 5.87. The second-order valence-corrected chi connectivity index (χ2v) is 10.7. The number of halogens is 6. The van der Waals surface area contributed by atoms with E-state index in [1.165, 1.54) is 30.2 Å². The van der Waals surface area contributed by atoms with Gasteiger partial charge in [-0.3, -0.25) is 4.79 Å². The molecule has 1 heterocycles. The standard InChI is InChI=1S/C26H22F6N2O5S/c1-15(13-38-2)33-14-34(40(36,37)21-5-3-4-18(11-21)26(30,31)32)23-10-16(6-7-22(23)24(33)35)17-8-19(27)12-20(9-17)39-25(28)29/h3-12,15,25H,13-14H2,1-2H3/t15-/m1/s1. The smallest absolute Gasteiger partial charge is 0.416 e. The topological polar surface area (TPSA) is 76.2 Å². The first kappa shape index (κ1) is 29.2. The van der Waals surface area contributed by atoms with E-state index in [0.717, 1.165) is 40.7 Å². The summed E-state index contributed by atoms with van der Waals surface area (Å²) in [6, 6.07) is 9.20.